The Bertz CT molecular complexity index is 857. The monoisotopic (exact) mass is 418 g/mol. The van der Waals surface area contributed by atoms with Crippen LogP contribution in [0.1, 0.15) is 29.4 Å². The number of nitrogens with one attached hydrogen (secondary N) is 2. The average molecular weight is 419 g/mol. The molecule has 2 amide bonds. The summed E-state index contributed by atoms with van der Waals surface area (Å²) < 4.78 is 10.4. The fourth-order valence-corrected chi connectivity index (χ4v) is 4.03. The third kappa shape index (κ3) is 4.50. The van der Waals surface area contributed by atoms with Crippen molar-refractivity contribution in [3.05, 3.63) is 47.5 Å². The van der Waals surface area contributed by atoms with Crippen molar-refractivity contribution in [3.63, 3.8) is 0 Å². The molecule has 9 heteroatoms. The van der Waals surface area contributed by atoms with Gasteiger partial charge in [0, 0.05) is 24.2 Å². The normalized spacial score (nSPS) is 16.7. The minimum absolute atomic E-state index is 0.328. The first-order chi connectivity index (χ1) is 14.1. The number of fused-ring (bicyclic) bond motifs is 1. The van der Waals surface area contributed by atoms with Gasteiger partial charge in [-0.3, -0.25) is 0 Å². The number of esters is 1. The number of H-pyrrole nitrogens is 1. The molecule has 1 aromatic carbocycles. The molecule has 0 radical (unpaired) electrons. The number of ether oxygens (including phenoxy) is 2. The quantitative estimate of drug-likeness (QED) is 0.670. The van der Waals surface area contributed by atoms with Gasteiger partial charge in [0.25, 0.3) is 0 Å². The van der Waals surface area contributed by atoms with Crippen molar-refractivity contribution in [2.24, 2.45) is 0 Å². The number of thioether (sulfide) groups is 1. The molecule has 1 aliphatic heterocycles. The molecule has 3 rings (SSSR count). The van der Waals surface area contributed by atoms with Crippen LogP contribution in [0.15, 0.2) is 30.6 Å². The van der Waals surface area contributed by atoms with Gasteiger partial charge in [-0.15, -0.1) is 0 Å². The van der Waals surface area contributed by atoms with Crippen molar-refractivity contribution >= 4 is 23.8 Å². The molecule has 0 spiro atoms. The Kier molecular flexibility index (Phi) is 7.03. The number of rotatable bonds is 7. The lowest BCUT2D eigenvalue weighted by Crippen LogP contribution is -2.51. The van der Waals surface area contributed by atoms with Gasteiger partial charge >= 0.3 is 12.0 Å². The standard InChI is InChI=1S/C20H26N4O4S/c1-27-16-7-5-4-6-13(16)18-17-14(21-12-22-17)8-10-24(18)20(26)23-15(9-11-29-3)19(25)28-2/h4-7,12,15,18H,8-11H2,1-3H3,(H,21,22)(H,23,26)/t15-,18-/m1/s1. The molecule has 0 fully saturated rings. The van der Waals surface area contributed by atoms with E-state index in [4.69, 9.17) is 9.47 Å². The zero-order chi connectivity index (χ0) is 20.8. The van der Waals surface area contributed by atoms with Crippen LogP contribution >= 0.6 is 11.8 Å². The average Bonchev–Trinajstić information content (AvgIpc) is 3.24. The van der Waals surface area contributed by atoms with Gasteiger partial charge in [0.1, 0.15) is 17.8 Å². The summed E-state index contributed by atoms with van der Waals surface area (Å²) in [5.41, 5.74) is 2.63. The number of hydrogen-bond donors (Lipinski definition) is 2. The number of imidazole rings is 1. The Morgan fingerprint density at radius 3 is 2.90 bits per heavy atom. The van der Waals surface area contributed by atoms with E-state index >= 15 is 0 Å². The molecule has 0 aliphatic carbocycles. The number of aromatic amines is 1. The zero-order valence-electron chi connectivity index (χ0n) is 16.8. The molecule has 2 aromatic rings. The van der Waals surface area contributed by atoms with Crippen molar-refractivity contribution in [3.8, 4) is 5.75 Å². The predicted octanol–water partition coefficient (Wildman–Crippen LogP) is 2.37. The molecule has 0 saturated heterocycles. The van der Waals surface area contributed by atoms with Gasteiger partial charge in [-0.1, -0.05) is 18.2 Å². The minimum atomic E-state index is -0.696. The highest BCUT2D eigenvalue weighted by atomic mass is 32.2. The predicted molar refractivity (Wildman–Crippen MR) is 111 cm³/mol. The fourth-order valence-electron chi connectivity index (χ4n) is 3.56. The zero-order valence-corrected chi connectivity index (χ0v) is 17.6. The Hall–Kier alpha value is -2.68. The number of aromatic nitrogens is 2. The van der Waals surface area contributed by atoms with Crippen molar-refractivity contribution in [2.45, 2.75) is 24.9 Å². The summed E-state index contributed by atoms with van der Waals surface area (Å²) in [5.74, 6) is 0.969. The Labute approximate surface area is 174 Å². The number of methoxy groups -OCH3 is 2. The number of carbonyl (C=O) groups excluding carboxylic acids is 2. The first kappa shape index (κ1) is 21.0. The highest BCUT2D eigenvalue weighted by Crippen LogP contribution is 2.37. The van der Waals surface area contributed by atoms with E-state index in [1.165, 1.54) is 7.11 Å². The second kappa shape index (κ2) is 9.69. The van der Waals surface area contributed by atoms with Crippen LogP contribution < -0.4 is 10.1 Å². The third-order valence-corrected chi connectivity index (χ3v) is 5.66. The highest BCUT2D eigenvalue weighted by Gasteiger charge is 2.37. The molecule has 1 aromatic heterocycles. The summed E-state index contributed by atoms with van der Waals surface area (Å²) in [4.78, 5) is 34.7. The van der Waals surface area contributed by atoms with Crippen molar-refractivity contribution < 1.29 is 19.1 Å². The summed E-state index contributed by atoms with van der Waals surface area (Å²) >= 11 is 1.61. The maximum atomic E-state index is 13.2. The largest absolute Gasteiger partial charge is 0.496 e. The number of para-hydroxylation sites is 1. The Morgan fingerprint density at radius 1 is 1.38 bits per heavy atom. The fraction of sp³-hybridized carbons (Fsp3) is 0.450. The lowest BCUT2D eigenvalue weighted by atomic mass is 9.95. The van der Waals surface area contributed by atoms with Gasteiger partial charge in [-0.05, 0) is 24.5 Å². The lowest BCUT2D eigenvalue weighted by molar-refractivity contribution is -0.142. The molecular formula is C20H26N4O4S. The van der Waals surface area contributed by atoms with Crippen LogP contribution in [0.3, 0.4) is 0 Å². The van der Waals surface area contributed by atoms with E-state index in [2.05, 4.69) is 15.3 Å². The van der Waals surface area contributed by atoms with Gasteiger partial charge in [-0.25, -0.2) is 14.6 Å². The van der Waals surface area contributed by atoms with Crippen LogP contribution in [-0.4, -0.2) is 65.7 Å². The molecule has 156 valence electrons. The molecule has 2 heterocycles. The molecule has 8 nitrogen and oxygen atoms in total. The second-order valence-corrected chi connectivity index (χ2v) is 7.65. The van der Waals surface area contributed by atoms with Crippen molar-refractivity contribution in [1.82, 2.24) is 20.2 Å². The van der Waals surface area contributed by atoms with Gasteiger partial charge in [-0.2, -0.15) is 11.8 Å². The summed E-state index contributed by atoms with van der Waals surface area (Å²) in [6, 6.07) is 6.15. The molecule has 0 unspecified atom stereocenters. The first-order valence-corrected chi connectivity index (χ1v) is 10.8. The molecule has 2 N–H and O–H groups in total. The number of carbonyl (C=O) groups is 2. The number of urea groups is 1. The third-order valence-electron chi connectivity index (χ3n) is 5.01. The minimum Gasteiger partial charge on any atom is -0.496 e. The summed E-state index contributed by atoms with van der Waals surface area (Å²) in [6.07, 6.45) is 4.75. The van der Waals surface area contributed by atoms with Crippen LogP contribution in [0.4, 0.5) is 4.79 Å². The van der Waals surface area contributed by atoms with Crippen LogP contribution in [0.2, 0.25) is 0 Å². The number of benzene rings is 1. The van der Waals surface area contributed by atoms with E-state index in [1.54, 1.807) is 30.1 Å². The number of hydrogen-bond acceptors (Lipinski definition) is 6. The van der Waals surface area contributed by atoms with Gasteiger partial charge in [0.15, 0.2) is 0 Å². The van der Waals surface area contributed by atoms with E-state index < -0.39 is 18.1 Å². The molecule has 0 bridgehead atoms. The van der Waals surface area contributed by atoms with Gasteiger partial charge in [0.2, 0.25) is 0 Å². The summed E-state index contributed by atoms with van der Waals surface area (Å²) in [5, 5.41) is 2.85. The Morgan fingerprint density at radius 2 is 2.17 bits per heavy atom. The molecule has 29 heavy (non-hydrogen) atoms. The second-order valence-electron chi connectivity index (χ2n) is 6.66. The first-order valence-electron chi connectivity index (χ1n) is 9.39. The maximum Gasteiger partial charge on any atom is 0.328 e. The van der Waals surface area contributed by atoms with Crippen LogP contribution in [-0.2, 0) is 16.0 Å². The highest BCUT2D eigenvalue weighted by molar-refractivity contribution is 7.98. The van der Waals surface area contributed by atoms with Gasteiger partial charge in [0.05, 0.1) is 26.2 Å². The van der Waals surface area contributed by atoms with Crippen LogP contribution in [0, 0.1) is 0 Å². The smallest absolute Gasteiger partial charge is 0.328 e. The van der Waals surface area contributed by atoms with E-state index in [1.807, 2.05) is 30.5 Å². The molecular weight excluding hydrogens is 392 g/mol. The van der Waals surface area contributed by atoms with E-state index in [0.717, 1.165) is 22.7 Å². The summed E-state index contributed by atoms with van der Waals surface area (Å²) in [7, 11) is 2.93. The molecule has 2 atom stereocenters. The lowest BCUT2D eigenvalue weighted by Gasteiger charge is -2.36. The number of nitrogens with zero attached hydrogens (tertiary/aromatic N) is 2. The van der Waals surface area contributed by atoms with Crippen molar-refractivity contribution in [1.29, 1.82) is 0 Å². The van der Waals surface area contributed by atoms with E-state index in [-0.39, 0.29) is 6.03 Å². The topological polar surface area (TPSA) is 96.6 Å². The molecule has 1 aliphatic rings. The Balaban J connectivity index is 1.92. The van der Waals surface area contributed by atoms with Crippen LogP contribution in [0.25, 0.3) is 0 Å². The van der Waals surface area contributed by atoms with Crippen molar-refractivity contribution in [2.75, 3.05) is 32.8 Å². The SMILES string of the molecule is COC(=O)[C@@H](CCSC)NC(=O)N1CCc2[nH]cnc2[C@H]1c1ccccc1OC. The van der Waals surface area contributed by atoms with E-state index in [9.17, 15) is 9.59 Å². The van der Waals surface area contributed by atoms with Crippen LogP contribution in [0.5, 0.6) is 5.75 Å². The van der Waals surface area contributed by atoms with Gasteiger partial charge < -0.3 is 24.7 Å². The maximum absolute atomic E-state index is 13.2. The van der Waals surface area contributed by atoms with E-state index in [0.29, 0.717) is 25.1 Å². The number of amides is 2. The molecule has 0 saturated carbocycles. The summed E-state index contributed by atoms with van der Waals surface area (Å²) in [6.45, 7) is 0.486.